The molecule has 1 rings (SSSR count). The molecular formula is C37H69N7O5. The number of nitrogens with zero attached hydrogens (tertiary/aromatic N) is 2. The molecule has 0 heterocycles. The van der Waals surface area contributed by atoms with Gasteiger partial charge in [-0.25, -0.2) is 0 Å². The van der Waals surface area contributed by atoms with E-state index >= 15 is 0 Å². The van der Waals surface area contributed by atoms with E-state index in [2.05, 4.69) is 47.6 Å². The van der Waals surface area contributed by atoms with E-state index in [1.165, 1.54) is 11.3 Å². The molecule has 12 heteroatoms. The third-order valence-corrected chi connectivity index (χ3v) is 7.70. The van der Waals surface area contributed by atoms with Gasteiger partial charge in [-0.1, -0.05) is 59.4 Å². The topological polar surface area (TPSA) is 158 Å². The highest BCUT2D eigenvalue weighted by Crippen LogP contribution is 2.24. The average Bonchev–Trinajstić information content (AvgIpc) is 3.10. The fourth-order valence-electron chi connectivity index (χ4n) is 4.73. The van der Waals surface area contributed by atoms with Crippen LogP contribution in [0.4, 0.5) is 0 Å². The van der Waals surface area contributed by atoms with Crippen molar-refractivity contribution in [3.8, 4) is 0 Å². The molecule has 1 aliphatic carbocycles. The highest BCUT2D eigenvalue weighted by molar-refractivity contribution is 6.18. The van der Waals surface area contributed by atoms with Gasteiger partial charge in [0.2, 0.25) is 17.6 Å². The third kappa shape index (κ3) is 24.1. The summed E-state index contributed by atoms with van der Waals surface area (Å²) >= 11 is 0. The molecule has 0 fully saturated rings. The van der Waals surface area contributed by atoms with Gasteiger partial charge in [0.25, 0.3) is 0 Å². The molecule has 0 aromatic heterocycles. The lowest BCUT2D eigenvalue weighted by Crippen LogP contribution is -2.37. The van der Waals surface area contributed by atoms with Gasteiger partial charge in [-0.05, 0) is 64.7 Å². The van der Waals surface area contributed by atoms with Crippen molar-refractivity contribution in [2.45, 2.75) is 111 Å². The van der Waals surface area contributed by atoms with Gasteiger partial charge in [0.15, 0.2) is 0 Å². The molecular weight excluding hydrogens is 622 g/mol. The smallest absolute Gasteiger partial charge is 0.222 e. The van der Waals surface area contributed by atoms with Crippen LogP contribution in [0.25, 0.3) is 0 Å². The van der Waals surface area contributed by atoms with Crippen LogP contribution < -0.4 is 26.7 Å². The van der Waals surface area contributed by atoms with Gasteiger partial charge in [-0.15, -0.1) is 0 Å². The molecule has 0 aromatic carbocycles. The predicted molar refractivity (Wildman–Crippen MR) is 200 cm³/mol. The Labute approximate surface area is 297 Å². The maximum atomic E-state index is 12.4. The number of hydrogen-bond acceptors (Lipinski definition) is 10. The lowest BCUT2D eigenvalue weighted by Gasteiger charge is -2.25. The highest BCUT2D eigenvalue weighted by atomic mass is 16.5. The molecule has 12 nitrogen and oxygen atoms in total. The van der Waals surface area contributed by atoms with Crippen LogP contribution in [0, 0.1) is 0 Å². The van der Waals surface area contributed by atoms with E-state index in [0.717, 1.165) is 95.0 Å². The molecule has 0 radical (unpaired) electrons. The molecule has 0 atom stereocenters. The van der Waals surface area contributed by atoms with Gasteiger partial charge in [0.05, 0.1) is 5.70 Å². The van der Waals surface area contributed by atoms with Crippen LogP contribution in [-0.4, -0.2) is 84.8 Å². The number of ketones is 1. The summed E-state index contributed by atoms with van der Waals surface area (Å²) in [6.07, 6.45) is 13.8. The first-order valence-electron chi connectivity index (χ1n) is 17.9. The minimum Gasteiger partial charge on any atom is -0.389 e. The molecule has 1 aliphatic rings. The number of Topliss-reactive ketones (excluding diaryl/α,β-unsaturated/α-hetero) is 1. The van der Waals surface area contributed by atoms with E-state index in [1.54, 1.807) is 31.4 Å². The Bertz CT molecular complexity index is 1030. The minimum absolute atomic E-state index is 0.0108. The molecule has 0 aliphatic heterocycles. The molecule has 0 unspecified atom stereocenters. The Kier molecular flexibility index (Phi) is 30.4. The number of allylic oxidation sites excluding steroid dienone is 4. The van der Waals surface area contributed by atoms with Gasteiger partial charge in [0.1, 0.15) is 5.70 Å². The molecule has 49 heavy (non-hydrogen) atoms. The first kappa shape index (κ1) is 47.3. The van der Waals surface area contributed by atoms with Crippen molar-refractivity contribution in [3.63, 3.8) is 0 Å². The lowest BCUT2D eigenvalue weighted by atomic mass is 9.93. The van der Waals surface area contributed by atoms with Gasteiger partial charge in [-0.2, -0.15) is 0 Å². The van der Waals surface area contributed by atoms with Crippen LogP contribution in [0.3, 0.4) is 0 Å². The Morgan fingerprint density at radius 1 is 0.796 bits per heavy atom. The first-order chi connectivity index (χ1) is 23.5. The summed E-state index contributed by atoms with van der Waals surface area (Å²) in [4.78, 5) is 38.0. The molecule has 0 bridgehead atoms. The van der Waals surface area contributed by atoms with E-state index < -0.39 is 0 Å². The summed E-state index contributed by atoms with van der Waals surface area (Å²) in [5, 5.41) is 30.8. The number of nitrogens with one attached hydrogen (secondary N) is 5. The summed E-state index contributed by atoms with van der Waals surface area (Å²) in [6.45, 7) is 24.0. The zero-order chi connectivity index (χ0) is 37.5. The van der Waals surface area contributed by atoms with E-state index in [1.807, 2.05) is 13.8 Å². The minimum atomic E-state index is -0.0665. The van der Waals surface area contributed by atoms with Crippen molar-refractivity contribution in [2.24, 2.45) is 0 Å². The second kappa shape index (κ2) is 31.5. The predicted octanol–water partition coefficient (Wildman–Crippen LogP) is 5.64. The van der Waals surface area contributed by atoms with Crippen molar-refractivity contribution in [1.82, 2.24) is 36.7 Å². The number of amides is 2. The number of likely N-dealkylation sites (N-methyl/N-ethyl adjacent to an activating group) is 1. The second-order valence-electron chi connectivity index (χ2n) is 11.8. The standard InChI is InChI=1S/C33H58N6O4.C2H5NO.C2H6/c1-26(2)39(43)25-17-11-14-21-35-27(3)18-12-8-7-9-13-22-36-29(40)19-20-30(41)38(6)24-16-10-15-23-37-32-31(34-5)28(4)33(32)42;1-2-3-4;1-2/h34-35,37,43H,1,3-4,7-25H2,2,5-6H3,(H,36,40);2-4H,1H2;1-2H3. The van der Waals surface area contributed by atoms with Gasteiger partial charge in [-0.3, -0.25) is 35.3 Å². The SMILES string of the molecule is C=C(CCCCCCCNC(=O)CCC(=O)N(C)CCCCCNC1=C(NC)C(=C)C1=O)NCCCCCN(O)C(=C)C.C=CNO.CC. The number of hydrogen-bond donors (Lipinski definition) is 7. The third-order valence-electron chi connectivity index (χ3n) is 7.70. The molecule has 0 saturated carbocycles. The van der Waals surface area contributed by atoms with Gasteiger partial charge in [0, 0.05) is 82.8 Å². The normalized spacial score (nSPS) is 11.5. The van der Waals surface area contributed by atoms with Crippen molar-refractivity contribution >= 4 is 17.6 Å². The molecule has 7 N–H and O–H groups in total. The van der Waals surface area contributed by atoms with Crippen LogP contribution in [0.15, 0.2) is 60.9 Å². The molecule has 0 saturated heterocycles. The first-order valence-corrected chi connectivity index (χ1v) is 17.9. The number of carbonyl (C=O) groups is 3. The summed E-state index contributed by atoms with van der Waals surface area (Å²) < 4.78 is 0. The zero-order valence-electron chi connectivity index (χ0n) is 31.4. The van der Waals surface area contributed by atoms with Crippen LogP contribution in [0.5, 0.6) is 0 Å². The van der Waals surface area contributed by atoms with E-state index in [-0.39, 0.29) is 30.4 Å². The van der Waals surface area contributed by atoms with Gasteiger partial charge >= 0.3 is 0 Å². The Morgan fingerprint density at radius 2 is 1.33 bits per heavy atom. The number of hydroxylamine groups is 3. The number of carbonyl (C=O) groups excluding carboxylic acids is 3. The van der Waals surface area contributed by atoms with E-state index in [9.17, 15) is 19.6 Å². The summed E-state index contributed by atoms with van der Waals surface area (Å²) in [5.74, 6) is -0.109. The number of unbranched alkanes of at least 4 members (excludes halogenated alkanes) is 8. The molecule has 0 aromatic rings. The molecule has 2 amide bonds. The monoisotopic (exact) mass is 692 g/mol. The van der Waals surface area contributed by atoms with Crippen LogP contribution >= 0.6 is 0 Å². The fraction of sp³-hybridized carbons (Fsp3) is 0.649. The van der Waals surface area contributed by atoms with Crippen LogP contribution in [-0.2, 0) is 14.4 Å². The molecule has 0 spiro atoms. The highest BCUT2D eigenvalue weighted by Gasteiger charge is 2.30. The summed E-state index contributed by atoms with van der Waals surface area (Å²) in [6, 6.07) is 0. The van der Waals surface area contributed by atoms with Crippen molar-refractivity contribution in [2.75, 3.05) is 46.8 Å². The fourth-order valence-corrected chi connectivity index (χ4v) is 4.73. The Balaban J connectivity index is 0. The second-order valence-corrected chi connectivity index (χ2v) is 11.8. The van der Waals surface area contributed by atoms with Crippen molar-refractivity contribution in [3.05, 3.63) is 60.9 Å². The van der Waals surface area contributed by atoms with Crippen LogP contribution in [0.2, 0.25) is 0 Å². The maximum Gasteiger partial charge on any atom is 0.222 e. The van der Waals surface area contributed by atoms with Crippen LogP contribution in [0.1, 0.15) is 111 Å². The largest absolute Gasteiger partial charge is 0.389 e. The molecule has 282 valence electrons. The quantitative estimate of drug-likeness (QED) is 0.0311. The number of rotatable bonds is 28. The Hall–Kier alpha value is -3.77. The maximum absolute atomic E-state index is 12.4. The van der Waals surface area contributed by atoms with E-state index in [4.69, 9.17) is 5.21 Å². The summed E-state index contributed by atoms with van der Waals surface area (Å²) in [7, 11) is 3.56. The Morgan fingerprint density at radius 3 is 1.92 bits per heavy atom. The lowest BCUT2D eigenvalue weighted by molar-refractivity contribution is -0.132. The van der Waals surface area contributed by atoms with Gasteiger partial charge < -0.3 is 26.2 Å². The average molecular weight is 692 g/mol. The summed E-state index contributed by atoms with van der Waals surface area (Å²) in [5.41, 5.74) is 5.37. The van der Waals surface area contributed by atoms with E-state index in [0.29, 0.717) is 43.1 Å². The zero-order valence-corrected chi connectivity index (χ0v) is 31.4. The van der Waals surface area contributed by atoms with Crippen molar-refractivity contribution < 1.29 is 24.8 Å². The van der Waals surface area contributed by atoms with Crippen molar-refractivity contribution in [1.29, 1.82) is 0 Å².